The van der Waals surface area contributed by atoms with Crippen LogP contribution in [0.3, 0.4) is 0 Å². The molecule has 0 fully saturated rings. The molecule has 0 aromatic heterocycles. The average molecular weight is 196 g/mol. The molecule has 0 saturated heterocycles. The molecule has 0 unspecified atom stereocenters. The number of hydrogen-bond donors (Lipinski definition) is 0. The normalized spacial score (nSPS) is 9.21. The van der Waals surface area contributed by atoms with Crippen molar-refractivity contribution in [2.75, 3.05) is 26.2 Å². The summed E-state index contributed by atoms with van der Waals surface area (Å²) in [4.78, 5) is 4.55. The zero-order chi connectivity index (χ0) is 11.0. The molecule has 0 aromatic rings. The first-order valence-corrected chi connectivity index (χ1v) is 5.61. The van der Waals surface area contributed by atoms with E-state index in [-0.39, 0.29) is 0 Å². The van der Waals surface area contributed by atoms with Crippen molar-refractivity contribution in [2.45, 2.75) is 34.6 Å². The minimum absolute atomic E-state index is 1.05. The van der Waals surface area contributed by atoms with Gasteiger partial charge < -0.3 is 9.80 Å². The smallest absolute Gasteiger partial charge is 0.0547 e. The predicted molar refractivity (Wildman–Crippen MR) is 63.1 cm³/mol. The van der Waals surface area contributed by atoms with Gasteiger partial charge in [-0.05, 0) is 34.6 Å². The first-order chi connectivity index (χ1) is 6.69. The zero-order valence-corrected chi connectivity index (χ0v) is 10.3. The fraction of sp³-hybridized carbons (Fsp3) is 0.750. The van der Waals surface area contributed by atoms with Crippen LogP contribution >= 0.6 is 0 Å². The maximum absolute atomic E-state index is 3.33. The summed E-state index contributed by atoms with van der Waals surface area (Å²) in [5.74, 6) is 0. The van der Waals surface area contributed by atoms with Gasteiger partial charge in [0, 0.05) is 32.4 Å². The molecule has 2 heteroatoms. The van der Waals surface area contributed by atoms with Crippen LogP contribution in [0.2, 0.25) is 0 Å². The van der Waals surface area contributed by atoms with E-state index in [1.807, 2.05) is 0 Å². The molecule has 0 heterocycles. The van der Waals surface area contributed by atoms with Gasteiger partial charge in [-0.25, -0.2) is 0 Å². The molecule has 0 aromatic carbocycles. The van der Waals surface area contributed by atoms with Gasteiger partial charge in [-0.2, -0.15) is 0 Å². The molecule has 2 nitrogen and oxygen atoms in total. The minimum atomic E-state index is 1.05. The SMILES string of the molecule is CCN(C=C=C(C)N(CC)CC)CC. The molecule has 14 heavy (non-hydrogen) atoms. The molecule has 0 saturated carbocycles. The summed E-state index contributed by atoms with van der Waals surface area (Å²) in [7, 11) is 0. The van der Waals surface area contributed by atoms with Crippen LogP contribution in [0.25, 0.3) is 0 Å². The van der Waals surface area contributed by atoms with E-state index in [4.69, 9.17) is 0 Å². The van der Waals surface area contributed by atoms with Crippen molar-refractivity contribution in [1.82, 2.24) is 9.80 Å². The maximum atomic E-state index is 3.33. The van der Waals surface area contributed by atoms with Crippen LogP contribution in [0, 0.1) is 0 Å². The molecule has 0 spiro atoms. The molecular formula is C12H24N2. The van der Waals surface area contributed by atoms with Gasteiger partial charge in [0.2, 0.25) is 0 Å². The monoisotopic (exact) mass is 196 g/mol. The second kappa shape index (κ2) is 7.52. The van der Waals surface area contributed by atoms with E-state index in [1.165, 1.54) is 5.70 Å². The van der Waals surface area contributed by atoms with Crippen molar-refractivity contribution in [3.63, 3.8) is 0 Å². The molecule has 0 aliphatic rings. The quantitative estimate of drug-likeness (QED) is 0.603. The molecule has 0 aliphatic heterocycles. The van der Waals surface area contributed by atoms with Crippen LogP contribution in [0.1, 0.15) is 34.6 Å². The standard InChI is InChI=1S/C12H24N2/c1-6-13(7-2)11-10-12(5)14(8-3)9-4/h11H,6-9H2,1-5H3. The number of allylic oxidation sites excluding steroid dienone is 1. The lowest BCUT2D eigenvalue weighted by Gasteiger charge is -2.20. The van der Waals surface area contributed by atoms with Crippen LogP contribution in [-0.4, -0.2) is 36.0 Å². The van der Waals surface area contributed by atoms with Crippen molar-refractivity contribution < 1.29 is 0 Å². The van der Waals surface area contributed by atoms with Gasteiger partial charge in [0.25, 0.3) is 0 Å². The minimum Gasteiger partial charge on any atom is -0.372 e. The van der Waals surface area contributed by atoms with E-state index in [9.17, 15) is 0 Å². The summed E-state index contributed by atoms with van der Waals surface area (Å²) in [6.07, 6.45) is 2.06. The fourth-order valence-electron chi connectivity index (χ4n) is 1.38. The van der Waals surface area contributed by atoms with E-state index in [2.05, 4.69) is 56.3 Å². The summed E-state index contributed by atoms with van der Waals surface area (Å²) in [6.45, 7) is 15.0. The van der Waals surface area contributed by atoms with Gasteiger partial charge in [-0.3, -0.25) is 0 Å². The van der Waals surface area contributed by atoms with E-state index in [1.54, 1.807) is 0 Å². The van der Waals surface area contributed by atoms with Crippen LogP contribution in [0.4, 0.5) is 0 Å². The lowest BCUT2D eigenvalue weighted by atomic mass is 10.4. The van der Waals surface area contributed by atoms with E-state index >= 15 is 0 Å². The molecule has 82 valence electrons. The summed E-state index contributed by atoms with van der Waals surface area (Å²) in [6, 6.07) is 0. The van der Waals surface area contributed by atoms with Crippen molar-refractivity contribution in [3.8, 4) is 0 Å². The van der Waals surface area contributed by atoms with Crippen LogP contribution in [0.5, 0.6) is 0 Å². The highest BCUT2D eigenvalue weighted by atomic mass is 15.1. The Kier molecular flexibility index (Phi) is 7.04. The van der Waals surface area contributed by atoms with Gasteiger partial charge in [0.1, 0.15) is 0 Å². The Morgan fingerprint density at radius 3 is 1.86 bits per heavy atom. The van der Waals surface area contributed by atoms with E-state index in [0.717, 1.165) is 26.2 Å². The molecule has 0 rings (SSSR count). The maximum Gasteiger partial charge on any atom is 0.0547 e. The summed E-state index contributed by atoms with van der Waals surface area (Å²) >= 11 is 0. The largest absolute Gasteiger partial charge is 0.372 e. The Morgan fingerprint density at radius 2 is 1.50 bits per heavy atom. The number of hydrogen-bond acceptors (Lipinski definition) is 2. The average Bonchev–Trinajstić information content (AvgIpc) is 2.21. The van der Waals surface area contributed by atoms with Crippen LogP contribution < -0.4 is 0 Å². The van der Waals surface area contributed by atoms with Crippen molar-refractivity contribution in [1.29, 1.82) is 0 Å². The van der Waals surface area contributed by atoms with Crippen LogP contribution in [-0.2, 0) is 0 Å². The summed E-state index contributed by atoms with van der Waals surface area (Å²) in [5.41, 5.74) is 4.55. The first kappa shape index (κ1) is 13.1. The summed E-state index contributed by atoms with van der Waals surface area (Å²) in [5, 5.41) is 0. The third kappa shape index (κ3) is 4.38. The van der Waals surface area contributed by atoms with E-state index < -0.39 is 0 Å². The lowest BCUT2D eigenvalue weighted by molar-refractivity contribution is 0.381. The van der Waals surface area contributed by atoms with Gasteiger partial charge in [-0.1, -0.05) is 5.73 Å². The van der Waals surface area contributed by atoms with Gasteiger partial charge in [0.05, 0.1) is 5.70 Å². The second-order valence-electron chi connectivity index (χ2n) is 3.25. The Labute approximate surface area is 88.9 Å². The highest BCUT2D eigenvalue weighted by molar-refractivity contribution is 4.97. The topological polar surface area (TPSA) is 6.48 Å². The van der Waals surface area contributed by atoms with Gasteiger partial charge >= 0.3 is 0 Å². The predicted octanol–water partition coefficient (Wildman–Crippen LogP) is 2.69. The van der Waals surface area contributed by atoms with Crippen molar-refractivity contribution in [2.24, 2.45) is 0 Å². The molecule has 0 atom stereocenters. The number of rotatable bonds is 6. The third-order valence-corrected chi connectivity index (χ3v) is 2.51. The summed E-state index contributed by atoms with van der Waals surface area (Å²) < 4.78 is 0. The highest BCUT2D eigenvalue weighted by Gasteiger charge is 1.97. The van der Waals surface area contributed by atoms with Gasteiger partial charge in [0.15, 0.2) is 0 Å². The Balaban J connectivity index is 4.45. The molecule has 0 bridgehead atoms. The van der Waals surface area contributed by atoms with E-state index in [0.29, 0.717) is 0 Å². The molecule has 0 N–H and O–H groups in total. The van der Waals surface area contributed by atoms with Crippen molar-refractivity contribution >= 4 is 0 Å². The Bertz CT molecular complexity index is 194. The molecular weight excluding hydrogens is 172 g/mol. The van der Waals surface area contributed by atoms with Crippen LogP contribution in [0.15, 0.2) is 17.6 Å². The number of nitrogens with zero attached hydrogens (tertiary/aromatic N) is 2. The highest BCUT2D eigenvalue weighted by Crippen LogP contribution is 2.00. The lowest BCUT2D eigenvalue weighted by Crippen LogP contribution is -2.20. The van der Waals surface area contributed by atoms with Crippen molar-refractivity contribution in [3.05, 3.63) is 17.6 Å². The molecule has 0 aliphatic carbocycles. The van der Waals surface area contributed by atoms with Gasteiger partial charge in [-0.15, -0.1) is 0 Å². The molecule has 0 radical (unpaired) electrons. The zero-order valence-electron chi connectivity index (χ0n) is 10.3. The Hall–Kier alpha value is -0.880. The first-order valence-electron chi connectivity index (χ1n) is 5.61. The fourth-order valence-corrected chi connectivity index (χ4v) is 1.38. The Morgan fingerprint density at radius 1 is 1.00 bits per heavy atom. The third-order valence-electron chi connectivity index (χ3n) is 2.51. The molecule has 0 amide bonds. The second-order valence-corrected chi connectivity index (χ2v) is 3.25.